The summed E-state index contributed by atoms with van der Waals surface area (Å²) in [5.41, 5.74) is 24.5. The van der Waals surface area contributed by atoms with Crippen molar-refractivity contribution in [1.29, 1.82) is 0 Å². The molecule has 1 aromatic rings. The summed E-state index contributed by atoms with van der Waals surface area (Å²) < 4.78 is 0. The number of hydrogen-bond acceptors (Lipinski definition) is 4. The molecule has 0 bridgehead atoms. The highest BCUT2D eigenvalue weighted by atomic mass is 14.7. The quantitative estimate of drug-likeness (QED) is 0.623. The van der Waals surface area contributed by atoms with E-state index in [4.69, 9.17) is 22.9 Å². The number of rotatable bonds is 2. The summed E-state index contributed by atoms with van der Waals surface area (Å²) in [6.07, 6.45) is 4.50. The standard InChI is InChI=1S/C8H12N2.C6H14N2/c9-5-7-3-1-2-4-8(7)6-10;7-5-1-2-6(8)4-3-5/h1-4H,5-6,9-10H2;5-6H,1-4,7-8H2. The Bertz CT molecular complexity index is 299. The molecule has 0 amide bonds. The van der Waals surface area contributed by atoms with E-state index in [-0.39, 0.29) is 0 Å². The molecule has 0 aliphatic heterocycles. The van der Waals surface area contributed by atoms with E-state index in [1.165, 1.54) is 0 Å². The van der Waals surface area contributed by atoms with Crippen molar-refractivity contribution >= 4 is 0 Å². The molecule has 0 heterocycles. The summed E-state index contributed by atoms with van der Waals surface area (Å²) in [5.74, 6) is 0. The highest BCUT2D eigenvalue weighted by Crippen LogP contribution is 2.14. The first kappa shape index (κ1) is 15.1. The third kappa shape index (κ3) is 5.14. The van der Waals surface area contributed by atoms with Crippen molar-refractivity contribution in [2.75, 3.05) is 0 Å². The van der Waals surface area contributed by atoms with Gasteiger partial charge in [0.25, 0.3) is 0 Å². The van der Waals surface area contributed by atoms with Gasteiger partial charge in [-0.1, -0.05) is 24.3 Å². The van der Waals surface area contributed by atoms with Gasteiger partial charge in [0, 0.05) is 25.2 Å². The maximum Gasteiger partial charge on any atom is 0.0181 e. The summed E-state index contributed by atoms with van der Waals surface area (Å²) in [6.45, 7) is 1.15. The van der Waals surface area contributed by atoms with Crippen LogP contribution >= 0.6 is 0 Å². The fourth-order valence-electron chi connectivity index (χ4n) is 2.10. The second-order valence-corrected chi connectivity index (χ2v) is 4.85. The predicted molar refractivity (Wildman–Crippen MR) is 76.6 cm³/mol. The molecule has 1 aliphatic carbocycles. The fraction of sp³-hybridized carbons (Fsp3) is 0.571. The zero-order chi connectivity index (χ0) is 13.4. The monoisotopic (exact) mass is 250 g/mol. The van der Waals surface area contributed by atoms with Gasteiger partial charge in [0.2, 0.25) is 0 Å². The van der Waals surface area contributed by atoms with Crippen LogP contribution < -0.4 is 22.9 Å². The minimum Gasteiger partial charge on any atom is -0.328 e. The Morgan fingerprint density at radius 3 is 1.39 bits per heavy atom. The van der Waals surface area contributed by atoms with E-state index in [0.717, 1.165) is 36.8 Å². The van der Waals surface area contributed by atoms with Crippen molar-refractivity contribution in [3.63, 3.8) is 0 Å². The van der Waals surface area contributed by atoms with E-state index >= 15 is 0 Å². The molecule has 4 heteroatoms. The molecule has 102 valence electrons. The second kappa shape index (κ2) is 8.21. The lowest BCUT2D eigenvalue weighted by atomic mass is 9.93. The number of hydrogen-bond donors (Lipinski definition) is 4. The lowest BCUT2D eigenvalue weighted by Crippen LogP contribution is -2.33. The first-order chi connectivity index (χ1) is 8.67. The van der Waals surface area contributed by atoms with Crippen LogP contribution in [0.25, 0.3) is 0 Å². The van der Waals surface area contributed by atoms with Crippen molar-refractivity contribution in [1.82, 2.24) is 0 Å². The molecule has 1 aliphatic rings. The Morgan fingerprint density at radius 1 is 0.778 bits per heavy atom. The summed E-state index contributed by atoms with van der Waals surface area (Å²) in [4.78, 5) is 0. The van der Waals surface area contributed by atoms with E-state index in [9.17, 15) is 0 Å². The first-order valence-corrected chi connectivity index (χ1v) is 6.65. The van der Waals surface area contributed by atoms with Crippen LogP contribution in [0.1, 0.15) is 36.8 Å². The molecular weight excluding hydrogens is 224 g/mol. The lowest BCUT2D eigenvalue weighted by Gasteiger charge is -2.22. The molecule has 0 radical (unpaired) electrons. The SMILES string of the molecule is NC1CCC(N)CC1.NCc1ccccc1CN. The molecule has 2 rings (SSSR count). The van der Waals surface area contributed by atoms with Gasteiger partial charge in [0.1, 0.15) is 0 Å². The zero-order valence-corrected chi connectivity index (χ0v) is 11.0. The van der Waals surface area contributed by atoms with Crippen LogP contribution in [-0.4, -0.2) is 12.1 Å². The number of benzene rings is 1. The molecule has 18 heavy (non-hydrogen) atoms. The smallest absolute Gasteiger partial charge is 0.0181 e. The largest absolute Gasteiger partial charge is 0.328 e. The molecular formula is C14H26N4. The van der Waals surface area contributed by atoms with Crippen LogP contribution in [0.4, 0.5) is 0 Å². The Labute approximate surface area is 110 Å². The number of nitrogens with two attached hydrogens (primary N) is 4. The summed E-state index contributed by atoms with van der Waals surface area (Å²) >= 11 is 0. The Balaban J connectivity index is 0.000000184. The average molecular weight is 250 g/mol. The van der Waals surface area contributed by atoms with Crippen molar-refractivity contribution < 1.29 is 0 Å². The third-order valence-electron chi connectivity index (χ3n) is 3.37. The molecule has 0 aromatic heterocycles. The van der Waals surface area contributed by atoms with Gasteiger partial charge in [0.15, 0.2) is 0 Å². The molecule has 8 N–H and O–H groups in total. The van der Waals surface area contributed by atoms with Gasteiger partial charge in [-0.3, -0.25) is 0 Å². The van der Waals surface area contributed by atoms with E-state index in [1.807, 2.05) is 24.3 Å². The van der Waals surface area contributed by atoms with Crippen LogP contribution in [0.3, 0.4) is 0 Å². The normalized spacial score (nSPS) is 23.1. The second-order valence-electron chi connectivity index (χ2n) is 4.85. The molecule has 0 spiro atoms. The van der Waals surface area contributed by atoms with Gasteiger partial charge in [-0.25, -0.2) is 0 Å². The van der Waals surface area contributed by atoms with Crippen molar-refractivity contribution in [3.05, 3.63) is 35.4 Å². The summed E-state index contributed by atoms with van der Waals surface area (Å²) in [5, 5.41) is 0. The van der Waals surface area contributed by atoms with Crippen LogP contribution in [-0.2, 0) is 13.1 Å². The van der Waals surface area contributed by atoms with Crippen LogP contribution in [0, 0.1) is 0 Å². The van der Waals surface area contributed by atoms with Gasteiger partial charge < -0.3 is 22.9 Å². The zero-order valence-electron chi connectivity index (χ0n) is 11.0. The van der Waals surface area contributed by atoms with Crippen LogP contribution in [0.2, 0.25) is 0 Å². The third-order valence-corrected chi connectivity index (χ3v) is 3.37. The summed E-state index contributed by atoms with van der Waals surface area (Å²) in [7, 11) is 0. The predicted octanol–water partition coefficient (Wildman–Crippen LogP) is 0.819. The minimum atomic E-state index is 0.440. The highest BCUT2D eigenvalue weighted by Gasteiger charge is 2.13. The Hall–Kier alpha value is -0.940. The van der Waals surface area contributed by atoms with Gasteiger partial charge >= 0.3 is 0 Å². The maximum atomic E-state index is 5.64. The van der Waals surface area contributed by atoms with E-state index in [1.54, 1.807) is 0 Å². The average Bonchev–Trinajstić information content (AvgIpc) is 2.42. The van der Waals surface area contributed by atoms with Crippen molar-refractivity contribution in [2.45, 2.75) is 50.9 Å². The van der Waals surface area contributed by atoms with Gasteiger partial charge in [-0.15, -0.1) is 0 Å². The maximum absolute atomic E-state index is 5.64. The van der Waals surface area contributed by atoms with Gasteiger partial charge in [-0.05, 0) is 36.8 Å². The molecule has 0 unspecified atom stereocenters. The van der Waals surface area contributed by atoms with Crippen molar-refractivity contribution in [2.24, 2.45) is 22.9 Å². The van der Waals surface area contributed by atoms with Gasteiger partial charge in [0.05, 0.1) is 0 Å². The van der Waals surface area contributed by atoms with Crippen molar-refractivity contribution in [3.8, 4) is 0 Å². The first-order valence-electron chi connectivity index (χ1n) is 6.65. The molecule has 4 nitrogen and oxygen atoms in total. The van der Waals surface area contributed by atoms with E-state index < -0.39 is 0 Å². The summed E-state index contributed by atoms with van der Waals surface area (Å²) in [6, 6.07) is 8.83. The van der Waals surface area contributed by atoms with Gasteiger partial charge in [-0.2, -0.15) is 0 Å². The fourth-order valence-corrected chi connectivity index (χ4v) is 2.10. The van der Waals surface area contributed by atoms with Crippen LogP contribution in [0.15, 0.2) is 24.3 Å². The molecule has 0 saturated heterocycles. The molecule has 1 fully saturated rings. The Morgan fingerprint density at radius 2 is 1.11 bits per heavy atom. The topological polar surface area (TPSA) is 104 Å². The Kier molecular flexibility index (Phi) is 6.90. The molecule has 1 aromatic carbocycles. The van der Waals surface area contributed by atoms with E-state index in [2.05, 4.69) is 0 Å². The highest BCUT2D eigenvalue weighted by molar-refractivity contribution is 5.26. The van der Waals surface area contributed by atoms with Crippen LogP contribution in [0.5, 0.6) is 0 Å². The molecule has 1 saturated carbocycles. The lowest BCUT2D eigenvalue weighted by molar-refractivity contribution is 0.395. The minimum absolute atomic E-state index is 0.440. The molecule has 0 atom stereocenters. The van der Waals surface area contributed by atoms with E-state index in [0.29, 0.717) is 25.2 Å².